The second-order valence-corrected chi connectivity index (χ2v) is 3.14. The van der Waals surface area contributed by atoms with Crippen LogP contribution in [-0.2, 0) is 14.3 Å². The second kappa shape index (κ2) is 4.99. The molecular weight excluding hydrogens is 204 g/mol. The highest BCUT2D eigenvalue weighted by molar-refractivity contribution is 5.89. The topological polar surface area (TPSA) is 96.2 Å². The normalized spacial score (nSPS) is 22.9. The summed E-state index contributed by atoms with van der Waals surface area (Å²) in [6.07, 6.45) is -1.72. The van der Waals surface area contributed by atoms with Gasteiger partial charge in [-0.15, -0.1) is 0 Å². The van der Waals surface area contributed by atoms with E-state index in [9.17, 15) is 15.0 Å². The van der Waals surface area contributed by atoms with Crippen molar-refractivity contribution in [1.29, 1.82) is 0 Å². The first-order valence-electron chi connectivity index (χ1n) is 4.67. The van der Waals surface area contributed by atoms with E-state index in [-0.39, 0.29) is 5.76 Å². The summed E-state index contributed by atoms with van der Waals surface area (Å²) in [6.45, 7) is 1.57. The number of esters is 1. The molecule has 15 heavy (non-hydrogen) atoms. The minimum absolute atomic E-state index is 0.108. The average molecular weight is 218 g/mol. The van der Waals surface area contributed by atoms with Crippen molar-refractivity contribution < 1.29 is 29.6 Å². The number of aliphatic hydroxyl groups is 3. The van der Waals surface area contributed by atoms with E-state index in [2.05, 4.69) is 4.74 Å². The lowest BCUT2D eigenvalue weighted by molar-refractivity contribution is -0.148. The molecule has 0 aliphatic carbocycles. The van der Waals surface area contributed by atoms with Gasteiger partial charge >= 0.3 is 5.97 Å². The Morgan fingerprint density at radius 1 is 1.60 bits per heavy atom. The summed E-state index contributed by atoms with van der Waals surface area (Å²) >= 11 is 0. The first kappa shape index (κ1) is 11.8. The van der Waals surface area contributed by atoms with Gasteiger partial charge in [0.1, 0.15) is 6.10 Å². The molecule has 0 spiro atoms. The van der Waals surface area contributed by atoms with Crippen molar-refractivity contribution in [3.8, 4) is 0 Å². The molecule has 0 bridgehead atoms. The molecule has 86 valence electrons. The summed E-state index contributed by atoms with van der Waals surface area (Å²) in [5, 5.41) is 27.3. The Balaban J connectivity index is 2.77. The molecule has 0 radical (unpaired) electrons. The van der Waals surface area contributed by atoms with Crippen LogP contribution in [0.4, 0.5) is 0 Å². The zero-order valence-electron chi connectivity index (χ0n) is 8.34. The molecule has 0 fully saturated rings. The first-order valence-corrected chi connectivity index (χ1v) is 4.67. The fourth-order valence-corrected chi connectivity index (χ4v) is 1.17. The number of carbonyl (C=O) groups is 1. The lowest BCUT2D eigenvalue weighted by atomic mass is 10.2. The van der Waals surface area contributed by atoms with Crippen molar-refractivity contribution in [3.63, 3.8) is 0 Å². The van der Waals surface area contributed by atoms with E-state index in [0.29, 0.717) is 13.0 Å². The van der Waals surface area contributed by atoms with E-state index in [4.69, 9.17) is 9.84 Å². The van der Waals surface area contributed by atoms with Crippen molar-refractivity contribution in [3.05, 3.63) is 11.5 Å². The van der Waals surface area contributed by atoms with E-state index in [1.54, 1.807) is 0 Å². The number of cyclic esters (lactones) is 1. The lowest BCUT2D eigenvalue weighted by Crippen LogP contribution is -2.32. The van der Waals surface area contributed by atoms with Gasteiger partial charge in [0, 0.05) is 0 Å². The van der Waals surface area contributed by atoms with Crippen molar-refractivity contribution in [2.24, 2.45) is 0 Å². The number of hydrogen-bond donors (Lipinski definition) is 3. The molecule has 2 unspecified atom stereocenters. The molecule has 6 nitrogen and oxygen atoms in total. The standard InChI is InChI=1S/C9H14O6/c1-2-3-14-8-6(12)9(13)15-7(8)5(11)4-10/h5,7,10-12H,2-4H2,1H3. The summed E-state index contributed by atoms with van der Waals surface area (Å²) in [7, 11) is 0. The maximum atomic E-state index is 11.0. The Kier molecular flexibility index (Phi) is 3.93. The fraction of sp³-hybridized carbons (Fsp3) is 0.667. The molecule has 2 atom stereocenters. The van der Waals surface area contributed by atoms with E-state index < -0.39 is 30.5 Å². The molecular formula is C9H14O6. The van der Waals surface area contributed by atoms with Crippen LogP contribution in [0.2, 0.25) is 0 Å². The van der Waals surface area contributed by atoms with Crippen LogP contribution in [0.25, 0.3) is 0 Å². The predicted octanol–water partition coefficient (Wildman–Crippen LogP) is -0.539. The minimum Gasteiger partial charge on any atom is -0.499 e. The first-order chi connectivity index (χ1) is 7.11. The molecule has 1 rings (SSSR count). The Morgan fingerprint density at radius 3 is 2.80 bits per heavy atom. The lowest BCUT2D eigenvalue weighted by Gasteiger charge is -2.17. The van der Waals surface area contributed by atoms with Crippen LogP contribution in [0.5, 0.6) is 0 Å². The van der Waals surface area contributed by atoms with Gasteiger partial charge in [-0.25, -0.2) is 4.79 Å². The summed E-state index contributed by atoms with van der Waals surface area (Å²) < 4.78 is 9.72. The van der Waals surface area contributed by atoms with Crippen molar-refractivity contribution in [2.45, 2.75) is 25.6 Å². The van der Waals surface area contributed by atoms with Gasteiger partial charge in [0.05, 0.1) is 13.2 Å². The molecule has 0 aromatic heterocycles. The van der Waals surface area contributed by atoms with E-state index in [1.165, 1.54) is 0 Å². The van der Waals surface area contributed by atoms with Crippen LogP contribution in [0, 0.1) is 0 Å². The third-order valence-electron chi connectivity index (χ3n) is 1.92. The van der Waals surface area contributed by atoms with Crippen LogP contribution >= 0.6 is 0 Å². The Hall–Kier alpha value is -1.27. The summed E-state index contributed by atoms with van der Waals surface area (Å²) in [5.74, 6) is -1.69. The van der Waals surface area contributed by atoms with Crippen LogP contribution < -0.4 is 0 Å². The van der Waals surface area contributed by atoms with Gasteiger partial charge in [-0.1, -0.05) is 6.92 Å². The smallest absolute Gasteiger partial charge is 0.378 e. The van der Waals surface area contributed by atoms with Crippen LogP contribution in [0.3, 0.4) is 0 Å². The molecule has 1 aliphatic heterocycles. The monoisotopic (exact) mass is 218 g/mol. The van der Waals surface area contributed by atoms with Crippen LogP contribution in [0.15, 0.2) is 11.5 Å². The van der Waals surface area contributed by atoms with E-state index in [0.717, 1.165) is 0 Å². The highest BCUT2D eigenvalue weighted by Gasteiger charge is 2.40. The molecule has 3 N–H and O–H groups in total. The third kappa shape index (κ3) is 2.40. The molecule has 0 aromatic carbocycles. The van der Waals surface area contributed by atoms with E-state index >= 15 is 0 Å². The summed E-state index contributed by atoms with van der Waals surface area (Å²) in [4.78, 5) is 11.0. The van der Waals surface area contributed by atoms with E-state index in [1.807, 2.05) is 6.92 Å². The highest BCUT2D eigenvalue weighted by atomic mass is 16.6. The molecule has 6 heteroatoms. The zero-order chi connectivity index (χ0) is 11.4. The maximum absolute atomic E-state index is 11.0. The largest absolute Gasteiger partial charge is 0.499 e. The predicted molar refractivity (Wildman–Crippen MR) is 48.9 cm³/mol. The number of ether oxygens (including phenoxy) is 2. The number of aliphatic hydroxyl groups excluding tert-OH is 3. The zero-order valence-corrected chi connectivity index (χ0v) is 8.34. The minimum atomic E-state index is -1.29. The van der Waals surface area contributed by atoms with Gasteiger partial charge in [-0.2, -0.15) is 0 Å². The Bertz CT molecular complexity index is 272. The Morgan fingerprint density at radius 2 is 2.27 bits per heavy atom. The number of hydrogen-bond acceptors (Lipinski definition) is 6. The second-order valence-electron chi connectivity index (χ2n) is 3.14. The molecule has 1 aliphatic rings. The quantitative estimate of drug-likeness (QED) is 0.536. The Labute approximate surface area is 86.7 Å². The molecule has 0 amide bonds. The number of carbonyl (C=O) groups excluding carboxylic acids is 1. The van der Waals surface area contributed by atoms with Gasteiger partial charge in [0.25, 0.3) is 0 Å². The van der Waals surface area contributed by atoms with Gasteiger partial charge < -0.3 is 24.8 Å². The summed E-state index contributed by atoms with van der Waals surface area (Å²) in [5.41, 5.74) is 0. The molecule has 0 aromatic rings. The maximum Gasteiger partial charge on any atom is 0.378 e. The van der Waals surface area contributed by atoms with Crippen LogP contribution in [0.1, 0.15) is 13.3 Å². The van der Waals surface area contributed by atoms with Crippen LogP contribution in [-0.4, -0.2) is 46.7 Å². The fourth-order valence-electron chi connectivity index (χ4n) is 1.17. The SMILES string of the molecule is CCCOC1=C(O)C(=O)OC1C(O)CO. The molecule has 0 saturated heterocycles. The highest BCUT2D eigenvalue weighted by Crippen LogP contribution is 2.24. The third-order valence-corrected chi connectivity index (χ3v) is 1.92. The summed E-state index contributed by atoms with van der Waals surface area (Å²) in [6, 6.07) is 0. The molecule has 1 heterocycles. The van der Waals surface area contributed by atoms with Crippen molar-refractivity contribution in [1.82, 2.24) is 0 Å². The number of rotatable bonds is 5. The van der Waals surface area contributed by atoms with Crippen molar-refractivity contribution in [2.75, 3.05) is 13.2 Å². The van der Waals surface area contributed by atoms with Gasteiger partial charge in [-0.05, 0) is 6.42 Å². The van der Waals surface area contributed by atoms with Crippen molar-refractivity contribution >= 4 is 5.97 Å². The van der Waals surface area contributed by atoms with Gasteiger partial charge in [0.15, 0.2) is 11.9 Å². The van der Waals surface area contributed by atoms with Gasteiger partial charge in [0.2, 0.25) is 5.76 Å². The molecule has 0 saturated carbocycles. The average Bonchev–Trinajstić information content (AvgIpc) is 2.52. The van der Waals surface area contributed by atoms with Gasteiger partial charge in [-0.3, -0.25) is 0 Å².